The van der Waals surface area contributed by atoms with Gasteiger partial charge in [0.1, 0.15) is 0 Å². The highest BCUT2D eigenvalue weighted by Crippen LogP contribution is 2.19. The Labute approximate surface area is 103 Å². The minimum atomic E-state index is -3.46. The second-order valence-corrected chi connectivity index (χ2v) is 5.40. The van der Waals surface area contributed by atoms with Crippen molar-refractivity contribution >= 4 is 15.9 Å². The van der Waals surface area contributed by atoms with Crippen LogP contribution in [0.4, 0.5) is 5.69 Å². The SMILES string of the molecule is CCCNS(=O)(=O)NC(C)c1ccccc1N. The largest absolute Gasteiger partial charge is 0.398 e. The molecule has 0 aliphatic rings. The van der Waals surface area contributed by atoms with Crippen LogP contribution < -0.4 is 15.2 Å². The molecule has 1 atom stereocenters. The minimum Gasteiger partial charge on any atom is -0.398 e. The number of para-hydroxylation sites is 1. The summed E-state index contributed by atoms with van der Waals surface area (Å²) in [6.07, 6.45) is 0.753. The van der Waals surface area contributed by atoms with Crippen LogP contribution in [-0.2, 0) is 10.2 Å². The molecule has 4 N–H and O–H groups in total. The fourth-order valence-corrected chi connectivity index (χ4v) is 2.63. The Morgan fingerprint density at radius 2 is 2.00 bits per heavy atom. The van der Waals surface area contributed by atoms with E-state index in [0.29, 0.717) is 12.2 Å². The van der Waals surface area contributed by atoms with Gasteiger partial charge < -0.3 is 5.73 Å². The molecule has 0 saturated heterocycles. The van der Waals surface area contributed by atoms with Gasteiger partial charge in [-0.2, -0.15) is 13.1 Å². The van der Waals surface area contributed by atoms with Crippen LogP contribution >= 0.6 is 0 Å². The monoisotopic (exact) mass is 257 g/mol. The Bertz CT molecular complexity index is 460. The number of hydrogen-bond donors (Lipinski definition) is 3. The van der Waals surface area contributed by atoms with Gasteiger partial charge in [-0.3, -0.25) is 0 Å². The Balaban J connectivity index is 2.73. The third-order valence-corrected chi connectivity index (χ3v) is 3.58. The average Bonchev–Trinajstić information content (AvgIpc) is 2.26. The van der Waals surface area contributed by atoms with Crippen LogP contribution in [0.25, 0.3) is 0 Å². The van der Waals surface area contributed by atoms with Gasteiger partial charge in [-0.15, -0.1) is 0 Å². The van der Waals surface area contributed by atoms with E-state index in [4.69, 9.17) is 5.73 Å². The van der Waals surface area contributed by atoms with Crippen LogP contribution in [-0.4, -0.2) is 15.0 Å². The molecule has 0 heterocycles. The molecule has 0 fully saturated rings. The summed E-state index contributed by atoms with van der Waals surface area (Å²) < 4.78 is 28.2. The molecular formula is C11H19N3O2S. The molecule has 1 aromatic carbocycles. The van der Waals surface area contributed by atoms with E-state index in [1.165, 1.54) is 0 Å². The molecule has 0 saturated carbocycles. The van der Waals surface area contributed by atoms with Gasteiger partial charge in [-0.1, -0.05) is 25.1 Å². The highest BCUT2D eigenvalue weighted by molar-refractivity contribution is 7.87. The predicted molar refractivity (Wildman–Crippen MR) is 69.6 cm³/mol. The van der Waals surface area contributed by atoms with E-state index in [0.717, 1.165) is 12.0 Å². The fourth-order valence-electron chi connectivity index (χ4n) is 1.48. The summed E-state index contributed by atoms with van der Waals surface area (Å²) in [4.78, 5) is 0. The van der Waals surface area contributed by atoms with Crippen molar-refractivity contribution in [1.29, 1.82) is 0 Å². The summed E-state index contributed by atoms with van der Waals surface area (Å²) in [6.45, 7) is 4.09. The number of nitrogen functional groups attached to an aromatic ring is 1. The first-order valence-corrected chi connectivity index (χ1v) is 7.06. The first-order chi connectivity index (χ1) is 7.96. The second-order valence-electron chi connectivity index (χ2n) is 3.87. The van der Waals surface area contributed by atoms with Gasteiger partial charge in [0.05, 0.1) is 0 Å². The lowest BCUT2D eigenvalue weighted by molar-refractivity contribution is 0.552. The van der Waals surface area contributed by atoms with E-state index in [1.807, 2.05) is 25.1 Å². The third-order valence-electron chi connectivity index (χ3n) is 2.34. The maximum absolute atomic E-state index is 11.6. The highest BCUT2D eigenvalue weighted by atomic mass is 32.2. The highest BCUT2D eigenvalue weighted by Gasteiger charge is 2.15. The quantitative estimate of drug-likeness (QED) is 0.669. The summed E-state index contributed by atoms with van der Waals surface area (Å²) in [5, 5.41) is 0. The van der Waals surface area contributed by atoms with Crippen molar-refractivity contribution in [2.75, 3.05) is 12.3 Å². The Morgan fingerprint density at radius 1 is 1.35 bits per heavy atom. The van der Waals surface area contributed by atoms with Crippen LogP contribution in [0.2, 0.25) is 0 Å². The Hall–Kier alpha value is -1.11. The van der Waals surface area contributed by atoms with Crippen molar-refractivity contribution < 1.29 is 8.42 Å². The summed E-state index contributed by atoms with van der Waals surface area (Å²) >= 11 is 0. The fraction of sp³-hybridized carbons (Fsp3) is 0.455. The molecule has 6 heteroatoms. The van der Waals surface area contributed by atoms with Crippen LogP contribution in [0, 0.1) is 0 Å². The van der Waals surface area contributed by atoms with Crippen molar-refractivity contribution in [3.05, 3.63) is 29.8 Å². The van der Waals surface area contributed by atoms with E-state index >= 15 is 0 Å². The normalized spacial score (nSPS) is 13.5. The summed E-state index contributed by atoms with van der Waals surface area (Å²) in [5.74, 6) is 0. The minimum absolute atomic E-state index is 0.356. The second kappa shape index (κ2) is 6.00. The molecule has 0 aliphatic heterocycles. The van der Waals surface area contributed by atoms with Gasteiger partial charge in [0.15, 0.2) is 0 Å². The van der Waals surface area contributed by atoms with Gasteiger partial charge >= 0.3 is 0 Å². The molecule has 1 rings (SSSR count). The summed E-state index contributed by atoms with van der Waals surface area (Å²) in [5.41, 5.74) is 7.14. The first-order valence-electron chi connectivity index (χ1n) is 5.57. The van der Waals surface area contributed by atoms with Crippen molar-refractivity contribution in [1.82, 2.24) is 9.44 Å². The Kier molecular flexibility index (Phi) is 4.92. The molecule has 96 valence electrons. The van der Waals surface area contributed by atoms with E-state index in [1.54, 1.807) is 13.0 Å². The zero-order valence-corrected chi connectivity index (χ0v) is 10.9. The van der Waals surface area contributed by atoms with E-state index < -0.39 is 10.2 Å². The smallest absolute Gasteiger partial charge is 0.277 e. The number of benzene rings is 1. The van der Waals surface area contributed by atoms with Crippen LogP contribution in [0.3, 0.4) is 0 Å². The zero-order valence-electron chi connectivity index (χ0n) is 10.1. The number of anilines is 1. The first kappa shape index (κ1) is 14.0. The lowest BCUT2D eigenvalue weighted by atomic mass is 10.1. The molecule has 1 aromatic rings. The molecule has 17 heavy (non-hydrogen) atoms. The van der Waals surface area contributed by atoms with Crippen molar-refractivity contribution in [2.24, 2.45) is 0 Å². The van der Waals surface area contributed by atoms with Crippen LogP contribution in [0.15, 0.2) is 24.3 Å². The number of nitrogens with two attached hydrogens (primary N) is 1. The number of nitrogens with one attached hydrogen (secondary N) is 2. The van der Waals surface area contributed by atoms with E-state index in [-0.39, 0.29) is 6.04 Å². The maximum atomic E-state index is 11.6. The summed E-state index contributed by atoms with van der Waals surface area (Å²) in [7, 11) is -3.46. The van der Waals surface area contributed by atoms with Gasteiger partial charge in [0.25, 0.3) is 10.2 Å². The standard InChI is InChI=1S/C11H19N3O2S/c1-3-8-13-17(15,16)14-9(2)10-6-4-5-7-11(10)12/h4-7,9,13-14H,3,8,12H2,1-2H3. The maximum Gasteiger partial charge on any atom is 0.277 e. The number of rotatable bonds is 6. The van der Waals surface area contributed by atoms with Crippen LogP contribution in [0.1, 0.15) is 31.9 Å². The zero-order chi connectivity index (χ0) is 12.9. The van der Waals surface area contributed by atoms with Gasteiger partial charge in [0.2, 0.25) is 0 Å². The lowest BCUT2D eigenvalue weighted by Crippen LogP contribution is -2.38. The third kappa shape index (κ3) is 4.33. The molecule has 0 amide bonds. The lowest BCUT2D eigenvalue weighted by Gasteiger charge is -2.16. The summed E-state index contributed by atoms with van der Waals surface area (Å²) in [6, 6.07) is 6.85. The predicted octanol–water partition coefficient (Wildman–Crippen LogP) is 1.16. The van der Waals surface area contributed by atoms with Crippen molar-refractivity contribution in [2.45, 2.75) is 26.3 Å². The van der Waals surface area contributed by atoms with Crippen molar-refractivity contribution in [3.63, 3.8) is 0 Å². The molecule has 5 nitrogen and oxygen atoms in total. The molecule has 0 bridgehead atoms. The van der Waals surface area contributed by atoms with Gasteiger partial charge in [-0.05, 0) is 25.0 Å². The molecule has 0 aromatic heterocycles. The Morgan fingerprint density at radius 3 is 2.59 bits per heavy atom. The average molecular weight is 257 g/mol. The molecule has 0 aliphatic carbocycles. The van der Waals surface area contributed by atoms with Crippen molar-refractivity contribution in [3.8, 4) is 0 Å². The van der Waals surface area contributed by atoms with Crippen LogP contribution in [0.5, 0.6) is 0 Å². The van der Waals surface area contributed by atoms with E-state index in [9.17, 15) is 8.42 Å². The molecule has 0 radical (unpaired) electrons. The molecular weight excluding hydrogens is 238 g/mol. The molecule has 0 spiro atoms. The van der Waals surface area contributed by atoms with Gasteiger partial charge in [-0.25, -0.2) is 4.72 Å². The topological polar surface area (TPSA) is 84.2 Å². The number of hydrogen-bond acceptors (Lipinski definition) is 3. The van der Waals surface area contributed by atoms with Gasteiger partial charge in [0, 0.05) is 18.3 Å². The molecule has 1 unspecified atom stereocenters. The van der Waals surface area contributed by atoms with E-state index in [2.05, 4.69) is 9.44 Å².